The first-order chi connectivity index (χ1) is 9.99. The van der Waals surface area contributed by atoms with E-state index in [0.717, 1.165) is 24.0 Å². The van der Waals surface area contributed by atoms with Crippen LogP contribution in [0.3, 0.4) is 0 Å². The highest BCUT2D eigenvalue weighted by atomic mass is 79.9. The van der Waals surface area contributed by atoms with Crippen molar-refractivity contribution < 1.29 is 8.42 Å². The normalized spacial score (nSPS) is 20.6. The zero-order valence-electron chi connectivity index (χ0n) is 12.4. The van der Waals surface area contributed by atoms with Gasteiger partial charge < -0.3 is 4.90 Å². The minimum atomic E-state index is -3.38. The van der Waals surface area contributed by atoms with Crippen LogP contribution in [0.15, 0.2) is 33.6 Å². The highest BCUT2D eigenvalue weighted by Crippen LogP contribution is 2.17. The van der Waals surface area contributed by atoms with Gasteiger partial charge in [0, 0.05) is 17.1 Å². The molecule has 1 heterocycles. The van der Waals surface area contributed by atoms with Gasteiger partial charge >= 0.3 is 0 Å². The van der Waals surface area contributed by atoms with Crippen LogP contribution >= 0.6 is 15.9 Å². The Balaban J connectivity index is 1.78. The molecule has 1 N–H and O–H groups in total. The molecule has 0 aromatic heterocycles. The Labute approximate surface area is 136 Å². The summed E-state index contributed by atoms with van der Waals surface area (Å²) in [4.78, 5) is 2.77. The fourth-order valence-electron chi connectivity index (χ4n) is 2.68. The molecule has 0 spiro atoms. The second kappa shape index (κ2) is 7.72. The summed E-state index contributed by atoms with van der Waals surface area (Å²) in [6.07, 6.45) is 4.67. The topological polar surface area (TPSA) is 49.4 Å². The number of sulfonamides is 1. The molecule has 0 aliphatic carbocycles. The molecule has 1 aliphatic rings. The summed E-state index contributed by atoms with van der Waals surface area (Å²) in [7, 11) is -3.38. The first-order valence-electron chi connectivity index (χ1n) is 7.48. The van der Waals surface area contributed by atoms with E-state index in [1.54, 1.807) is 24.3 Å². The van der Waals surface area contributed by atoms with Crippen molar-refractivity contribution in [2.75, 3.05) is 19.6 Å². The summed E-state index contributed by atoms with van der Waals surface area (Å²) in [5.41, 5.74) is 0. The molecule has 2 rings (SSSR count). The third-order valence-electron chi connectivity index (χ3n) is 3.98. The molecule has 6 heteroatoms. The van der Waals surface area contributed by atoms with Crippen molar-refractivity contribution in [1.82, 2.24) is 9.62 Å². The van der Waals surface area contributed by atoms with Crippen LogP contribution in [0, 0.1) is 0 Å². The predicted molar refractivity (Wildman–Crippen MR) is 88.8 cm³/mol. The number of benzene rings is 1. The molecule has 0 bridgehead atoms. The molecule has 118 valence electrons. The largest absolute Gasteiger partial charge is 0.301 e. The van der Waals surface area contributed by atoms with Gasteiger partial charge in [0.05, 0.1) is 4.90 Å². The van der Waals surface area contributed by atoms with E-state index in [1.165, 1.54) is 19.3 Å². The van der Waals surface area contributed by atoms with Crippen LogP contribution in [-0.4, -0.2) is 39.0 Å². The summed E-state index contributed by atoms with van der Waals surface area (Å²) >= 11 is 3.30. The third kappa shape index (κ3) is 5.06. The van der Waals surface area contributed by atoms with E-state index in [9.17, 15) is 8.42 Å². The van der Waals surface area contributed by atoms with Gasteiger partial charge in [0.15, 0.2) is 0 Å². The lowest BCUT2D eigenvalue weighted by Crippen LogP contribution is -2.39. The molecule has 21 heavy (non-hydrogen) atoms. The third-order valence-corrected chi connectivity index (χ3v) is 5.98. The van der Waals surface area contributed by atoms with Crippen LogP contribution < -0.4 is 4.72 Å². The minimum Gasteiger partial charge on any atom is -0.301 e. The van der Waals surface area contributed by atoms with Crippen molar-refractivity contribution in [1.29, 1.82) is 0 Å². The maximum atomic E-state index is 12.1. The molecular formula is C15H23BrN2O2S. The molecule has 1 aromatic rings. The number of piperidine rings is 1. The maximum Gasteiger partial charge on any atom is 0.240 e. The second-order valence-electron chi connectivity index (χ2n) is 5.59. The van der Waals surface area contributed by atoms with Crippen molar-refractivity contribution in [2.24, 2.45) is 0 Å². The van der Waals surface area contributed by atoms with Crippen LogP contribution in [0.2, 0.25) is 0 Å². The molecule has 1 saturated heterocycles. The van der Waals surface area contributed by atoms with E-state index in [1.807, 2.05) is 0 Å². The van der Waals surface area contributed by atoms with Gasteiger partial charge in [-0.15, -0.1) is 0 Å². The number of hydrogen-bond acceptors (Lipinski definition) is 3. The Morgan fingerprint density at radius 2 is 2.00 bits per heavy atom. The Hall–Kier alpha value is -0.430. The highest BCUT2D eigenvalue weighted by molar-refractivity contribution is 9.10. The van der Waals surface area contributed by atoms with Crippen LogP contribution in [-0.2, 0) is 10.0 Å². The SMILES string of the molecule is CC1CCCCN1CCCNS(=O)(=O)c1ccc(Br)cc1. The fourth-order valence-corrected chi connectivity index (χ4v) is 4.01. The van der Waals surface area contributed by atoms with Crippen LogP contribution in [0.25, 0.3) is 0 Å². The number of rotatable bonds is 6. The zero-order chi connectivity index (χ0) is 15.3. The van der Waals surface area contributed by atoms with Gasteiger partial charge in [-0.25, -0.2) is 13.1 Å². The Bertz CT molecular complexity index is 545. The fraction of sp³-hybridized carbons (Fsp3) is 0.600. The quantitative estimate of drug-likeness (QED) is 0.778. The molecule has 1 aliphatic heterocycles. The average molecular weight is 375 g/mol. The molecule has 0 radical (unpaired) electrons. The minimum absolute atomic E-state index is 0.317. The van der Waals surface area contributed by atoms with Crippen LogP contribution in [0.4, 0.5) is 0 Å². The lowest BCUT2D eigenvalue weighted by molar-refractivity contribution is 0.159. The van der Waals surface area contributed by atoms with E-state index in [-0.39, 0.29) is 0 Å². The van der Waals surface area contributed by atoms with Gasteiger partial charge in [-0.3, -0.25) is 0 Å². The Kier molecular flexibility index (Phi) is 6.22. The number of hydrogen-bond donors (Lipinski definition) is 1. The van der Waals surface area contributed by atoms with Gasteiger partial charge in [-0.05, 0) is 63.5 Å². The standard InChI is InChI=1S/C15H23BrN2O2S/c1-13-5-2-3-11-18(13)12-4-10-17-21(19,20)15-8-6-14(16)7-9-15/h6-9,13,17H,2-5,10-12H2,1H3. The van der Waals surface area contributed by atoms with E-state index >= 15 is 0 Å². The average Bonchev–Trinajstić information content (AvgIpc) is 2.46. The van der Waals surface area contributed by atoms with Crippen LogP contribution in [0.5, 0.6) is 0 Å². The molecule has 1 fully saturated rings. The van der Waals surface area contributed by atoms with Gasteiger partial charge in [0.1, 0.15) is 0 Å². The zero-order valence-corrected chi connectivity index (χ0v) is 14.8. The summed E-state index contributed by atoms with van der Waals surface area (Å²) in [6, 6.07) is 7.33. The highest BCUT2D eigenvalue weighted by Gasteiger charge is 2.18. The summed E-state index contributed by atoms with van der Waals surface area (Å²) in [5.74, 6) is 0. The van der Waals surface area contributed by atoms with Crippen LogP contribution in [0.1, 0.15) is 32.6 Å². The van der Waals surface area contributed by atoms with Gasteiger partial charge in [-0.2, -0.15) is 0 Å². The lowest BCUT2D eigenvalue weighted by atomic mass is 10.0. The van der Waals surface area contributed by atoms with E-state index < -0.39 is 10.0 Å². The van der Waals surface area contributed by atoms with E-state index in [4.69, 9.17) is 0 Å². The number of nitrogens with zero attached hydrogens (tertiary/aromatic N) is 1. The maximum absolute atomic E-state index is 12.1. The summed E-state index contributed by atoms with van der Waals surface area (Å²) < 4.78 is 27.8. The molecule has 0 amide bonds. The van der Waals surface area contributed by atoms with Crippen molar-refractivity contribution in [3.05, 3.63) is 28.7 Å². The summed E-state index contributed by atoms with van der Waals surface area (Å²) in [5, 5.41) is 0. The molecule has 4 nitrogen and oxygen atoms in total. The summed E-state index contributed by atoms with van der Waals surface area (Å²) in [6.45, 7) is 4.84. The molecule has 1 atom stereocenters. The Morgan fingerprint density at radius 3 is 2.67 bits per heavy atom. The number of likely N-dealkylation sites (tertiary alicyclic amines) is 1. The number of halogens is 1. The predicted octanol–water partition coefficient (Wildman–Crippen LogP) is 2.99. The molecule has 1 aromatic carbocycles. The van der Waals surface area contributed by atoms with Gasteiger partial charge in [-0.1, -0.05) is 22.4 Å². The van der Waals surface area contributed by atoms with Crippen molar-refractivity contribution in [2.45, 2.75) is 43.5 Å². The monoisotopic (exact) mass is 374 g/mol. The van der Waals surface area contributed by atoms with Crippen molar-refractivity contribution in [3.8, 4) is 0 Å². The molecule has 1 unspecified atom stereocenters. The first kappa shape index (κ1) is 16.9. The van der Waals surface area contributed by atoms with E-state index in [2.05, 4.69) is 32.5 Å². The lowest BCUT2D eigenvalue weighted by Gasteiger charge is -2.33. The smallest absolute Gasteiger partial charge is 0.240 e. The van der Waals surface area contributed by atoms with E-state index in [0.29, 0.717) is 17.5 Å². The van der Waals surface area contributed by atoms with Gasteiger partial charge in [0.2, 0.25) is 10.0 Å². The Morgan fingerprint density at radius 1 is 1.29 bits per heavy atom. The molecular weight excluding hydrogens is 352 g/mol. The first-order valence-corrected chi connectivity index (χ1v) is 9.76. The van der Waals surface area contributed by atoms with Crippen molar-refractivity contribution >= 4 is 26.0 Å². The van der Waals surface area contributed by atoms with Gasteiger partial charge in [0.25, 0.3) is 0 Å². The second-order valence-corrected chi connectivity index (χ2v) is 8.27. The number of nitrogens with one attached hydrogen (secondary N) is 1. The molecule has 0 saturated carbocycles. The van der Waals surface area contributed by atoms with Crippen molar-refractivity contribution in [3.63, 3.8) is 0 Å².